The third-order valence-corrected chi connectivity index (χ3v) is 13.6. The van der Waals surface area contributed by atoms with E-state index in [-0.39, 0.29) is 25.4 Å². The van der Waals surface area contributed by atoms with Gasteiger partial charge in [0.15, 0.2) is 0 Å². The Morgan fingerprint density at radius 3 is 1.38 bits per heavy atom. The molecule has 0 rings (SSSR count). The molecule has 0 aromatic carbocycles. The zero-order valence-corrected chi connectivity index (χ0v) is 51.6. The normalized spacial score (nSPS) is 14.8. The lowest BCUT2D eigenvalue weighted by Gasteiger charge is -2.30. The number of amides is 1. The highest BCUT2D eigenvalue weighted by molar-refractivity contribution is 7.45. The summed E-state index contributed by atoms with van der Waals surface area (Å²) < 4.78 is 30.2. The van der Waals surface area contributed by atoms with Gasteiger partial charge in [-0.3, -0.25) is 14.2 Å². The summed E-state index contributed by atoms with van der Waals surface area (Å²) in [5.74, 6) is -0.625. The third-order valence-electron chi connectivity index (χ3n) is 12.6. The fourth-order valence-electron chi connectivity index (χ4n) is 7.91. The number of allylic oxidation sites excluding steroid dienone is 25. The molecule has 0 spiro atoms. The van der Waals surface area contributed by atoms with E-state index in [2.05, 4.69) is 111 Å². The molecule has 0 saturated heterocycles. The molecule has 79 heavy (non-hydrogen) atoms. The summed E-state index contributed by atoms with van der Waals surface area (Å²) in [5, 5.41) is 3.00. The van der Waals surface area contributed by atoms with E-state index in [1.54, 1.807) is 6.08 Å². The summed E-state index contributed by atoms with van der Waals surface area (Å²) in [7, 11) is 1.12. The van der Waals surface area contributed by atoms with Crippen LogP contribution in [-0.2, 0) is 27.9 Å². The number of hydrogen-bond donors (Lipinski definition) is 1. The molecule has 9 nitrogen and oxygen atoms in total. The van der Waals surface area contributed by atoms with Crippen molar-refractivity contribution in [3.63, 3.8) is 0 Å². The fraction of sp³-hybridized carbons (Fsp3) is 0.594. The highest BCUT2D eigenvalue weighted by Gasteiger charge is 2.27. The Hall–Kier alpha value is -4.37. The van der Waals surface area contributed by atoms with Crippen molar-refractivity contribution in [2.24, 2.45) is 0 Å². The monoisotopic (exact) mass is 1110 g/mol. The molecule has 0 aliphatic heterocycles. The summed E-state index contributed by atoms with van der Waals surface area (Å²) in [6.07, 6.45) is 83.5. The van der Waals surface area contributed by atoms with Crippen LogP contribution in [0.3, 0.4) is 0 Å². The van der Waals surface area contributed by atoms with Crippen molar-refractivity contribution in [2.75, 3.05) is 40.9 Å². The minimum Gasteiger partial charge on any atom is -0.756 e. The zero-order chi connectivity index (χ0) is 57.9. The number of nitrogens with one attached hydrogen (secondary N) is 1. The van der Waals surface area contributed by atoms with Crippen LogP contribution in [0.2, 0.25) is 0 Å². The van der Waals surface area contributed by atoms with Crippen molar-refractivity contribution in [3.8, 4) is 0 Å². The predicted octanol–water partition coefficient (Wildman–Crippen LogP) is 18.6. The molecule has 0 aliphatic carbocycles. The van der Waals surface area contributed by atoms with E-state index in [1.165, 1.54) is 44.9 Å². The SMILES string of the molecule is CC\C=C/C=C/C=C/C=C\C=C\C=C\CCCCCC(=O)OC(/C=C\CCCCCCCCCCC)C(COP(=O)([O-])OCC[N+](C)(C)C)NC(=O)CCCCCCCC/C=C\C/C=C\C/C=C\C/C=C\C/C=C\C/C=C\CC. The molecule has 0 aromatic rings. The fourth-order valence-corrected chi connectivity index (χ4v) is 8.63. The van der Waals surface area contributed by atoms with Crippen molar-refractivity contribution in [2.45, 2.75) is 226 Å². The Labute approximate surface area is 484 Å². The van der Waals surface area contributed by atoms with Gasteiger partial charge in [0.2, 0.25) is 5.91 Å². The van der Waals surface area contributed by atoms with E-state index in [0.29, 0.717) is 23.9 Å². The number of phosphoric ester groups is 1. The number of likely N-dealkylation sites (N-methyl/N-ethyl adjacent to an activating group) is 1. The summed E-state index contributed by atoms with van der Waals surface area (Å²) >= 11 is 0. The Balaban J connectivity index is 5.30. The minimum atomic E-state index is -4.73. The Bertz CT molecular complexity index is 1910. The first-order chi connectivity index (χ1) is 38.4. The van der Waals surface area contributed by atoms with E-state index in [9.17, 15) is 19.0 Å². The topological polar surface area (TPSA) is 114 Å². The van der Waals surface area contributed by atoms with Crippen LogP contribution in [-0.4, -0.2) is 69.4 Å². The van der Waals surface area contributed by atoms with E-state index in [4.69, 9.17) is 13.8 Å². The maximum absolute atomic E-state index is 13.5. The molecule has 1 N–H and O–H groups in total. The van der Waals surface area contributed by atoms with Gasteiger partial charge >= 0.3 is 5.97 Å². The van der Waals surface area contributed by atoms with Crippen LogP contribution < -0.4 is 10.2 Å². The van der Waals surface area contributed by atoms with Crippen molar-refractivity contribution in [1.82, 2.24) is 5.32 Å². The van der Waals surface area contributed by atoms with Gasteiger partial charge in [-0.05, 0) is 102 Å². The average molecular weight is 1110 g/mol. The first kappa shape index (κ1) is 74.6. The van der Waals surface area contributed by atoms with E-state index < -0.39 is 32.5 Å². The summed E-state index contributed by atoms with van der Waals surface area (Å²) in [5.41, 5.74) is 0. The average Bonchev–Trinajstić information content (AvgIpc) is 3.41. The van der Waals surface area contributed by atoms with Gasteiger partial charge in [-0.15, -0.1) is 0 Å². The molecular weight excluding hydrogens is 1000 g/mol. The number of quaternary nitrogens is 1. The number of esters is 1. The molecule has 446 valence electrons. The third kappa shape index (κ3) is 58.1. The molecule has 0 bridgehead atoms. The molecule has 1 amide bonds. The number of unbranched alkanes of at least 4 members (excludes halogenated alkanes) is 18. The maximum Gasteiger partial charge on any atom is 0.306 e. The van der Waals surface area contributed by atoms with Crippen molar-refractivity contribution in [1.29, 1.82) is 0 Å². The quantitative estimate of drug-likeness (QED) is 0.0161. The lowest BCUT2D eigenvalue weighted by Crippen LogP contribution is -2.47. The number of ether oxygens (including phenoxy) is 1. The van der Waals surface area contributed by atoms with Gasteiger partial charge in [0.05, 0.1) is 33.8 Å². The van der Waals surface area contributed by atoms with Crippen LogP contribution in [0.15, 0.2) is 158 Å². The lowest BCUT2D eigenvalue weighted by molar-refractivity contribution is -0.870. The number of rotatable bonds is 53. The number of phosphoric acid groups is 1. The van der Waals surface area contributed by atoms with Crippen LogP contribution in [0, 0.1) is 0 Å². The van der Waals surface area contributed by atoms with E-state index in [0.717, 1.165) is 122 Å². The molecular formula is C69H113N2O7P. The highest BCUT2D eigenvalue weighted by Crippen LogP contribution is 2.38. The molecule has 0 heterocycles. The molecule has 3 atom stereocenters. The van der Waals surface area contributed by atoms with Crippen LogP contribution >= 0.6 is 7.82 Å². The van der Waals surface area contributed by atoms with Gasteiger partial charge in [0.1, 0.15) is 19.3 Å². The predicted molar refractivity (Wildman–Crippen MR) is 339 cm³/mol. The minimum absolute atomic E-state index is 0.0432. The Morgan fingerprint density at radius 2 is 0.873 bits per heavy atom. The second-order valence-electron chi connectivity index (χ2n) is 21.2. The van der Waals surface area contributed by atoms with Crippen LogP contribution in [0.4, 0.5) is 0 Å². The van der Waals surface area contributed by atoms with Crippen LogP contribution in [0.5, 0.6) is 0 Å². The molecule has 0 aliphatic rings. The van der Waals surface area contributed by atoms with Crippen molar-refractivity contribution >= 4 is 19.7 Å². The highest BCUT2D eigenvalue weighted by atomic mass is 31.2. The summed E-state index contributed by atoms with van der Waals surface area (Å²) in [6, 6.07) is -0.928. The number of carbonyl (C=O) groups is 2. The van der Waals surface area contributed by atoms with Crippen LogP contribution in [0.25, 0.3) is 0 Å². The van der Waals surface area contributed by atoms with E-state index >= 15 is 0 Å². The first-order valence-corrected chi connectivity index (χ1v) is 32.3. The Morgan fingerprint density at radius 1 is 0.468 bits per heavy atom. The Kier molecular flexibility index (Phi) is 53.7. The van der Waals surface area contributed by atoms with Crippen LogP contribution in [0.1, 0.15) is 213 Å². The number of nitrogens with zero attached hydrogens (tertiary/aromatic N) is 1. The molecule has 0 radical (unpaired) electrons. The molecule has 0 aromatic heterocycles. The van der Waals surface area contributed by atoms with Gasteiger partial charge in [-0.25, -0.2) is 0 Å². The number of hydrogen-bond acceptors (Lipinski definition) is 7. The molecule has 0 saturated carbocycles. The molecule has 3 unspecified atom stereocenters. The second-order valence-corrected chi connectivity index (χ2v) is 22.7. The largest absolute Gasteiger partial charge is 0.756 e. The smallest absolute Gasteiger partial charge is 0.306 e. The van der Waals surface area contributed by atoms with Crippen molar-refractivity contribution < 1.29 is 37.3 Å². The van der Waals surface area contributed by atoms with Gasteiger partial charge in [0.25, 0.3) is 7.82 Å². The second kappa shape index (κ2) is 56.9. The van der Waals surface area contributed by atoms with Gasteiger partial charge in [0, 0.05) is 12.8 Å². The maximum atomic E-state index is 13.5. The first-order valence-electron chi connectivity index (χ1n) is 30.9. The van der Waals surface area contributed by atoms with Gasteiger partial charge < -0.3 is 28.5 Å². The molecule has 0 fully saturated rings. The lowest BCUT2D eigenvalue weighted by atomic mass is 10.1. The van der Waals surface area contributed by atoms with Gasteiger partial charge in [-0.2, -0.15) is 0 Å². The standard InChI is InChI=1S/C69H113N2O7P/c1-7-10-13-16-19-22-25-27-29-31-32-33-34-35-36-37-38-40-41-43-46-49-52-55-58-61-68(72)70-66(65-77-79(74,75)76-64-63-71(4,5)6)67(60-57-54-51-48-45-24-21-18-15-12-9-3)78-69(73)62-59-56-53-50-47-44-42-39-30-28-26-23-20-17-14-11-8-2/h10-11,13-14,17,19-20,22-23,26-30,32-33,35-36,38-40,42,44,47,57,60,66-67H,7-9,12,15-16,18,21,24-25,31,34,37,41,43,45-46,48-56,58-59,61-65H2,1-6H3,(H-,70,72,74,75)/b13-10-,14-11-,20-17+,22-19-,26-23+,29-27-,30-28-,33-32-,36-35-,40-38-,42-39+,47-44+,60-57-. The van der Waals surface area contributed by atoms with Crippen molar-refractivity contribution in [3.05, 3.63) is 158 Å². The van der Waals surface area contributed by atoms with Gasteiger partial charge in [-0.1, -0.05) is 256 Å². The zero-order valence-electron chi connectivity index (χ0n) is 50.8. The molecule has 10 heteroatoms. The van der Waals surface area contributed by atoms with E-state index in [1.807, 2.05) is 88.0 Å². The summed E-state index contributed by atoms with van der Waals surface area (Å²) in [6.45, 7) is 6.50. The summed E-state index contributed by atoms with van der Waals surface area (Å²) in [4.78, 5) is 40.0. The number of carbonyl (C=O) groups excluding carboxylic acids is 2.